The first-order valence-electron chi connectivity index (χ1n) is 10.2. The average Bonchev–Trinajstić information content (AvgIpc) is 3.27. The second-order valence-corrected chi connectivity index (χ2v) is 7.38. The van der Waals surface area contributed by atoms with Gasteiger partial charge in [0.1, 0.15) is 5.75 Å². The van der Waals surface area contributed by atoms with Gasteiger partial charge in [0.05, 0.1) is 30.1 Å². The largest absolute Gasteiger partial charge is 0.484 e. The first-order chi connectivity index (χ1) is 15.2. The smallest absolute Gasteiger partial charge is 0.418 e. The van der Waals surface area contributed by atoms with Crippen LogP contribution in [0.2, 0.25) is 0 Å². The summed E-state index contributed by atoms with van der Waals surface area (Å²) in [6.45, 7) is 1.63. The summed E-state index contributed by atoms with van der Waals surface area (Å²) in [6, 6.07) is 6.86. The van der Waals surface area contributed by atoms with Gasteiger partial charge in [0.2, 0.25) is 5.91 Å². The van der Waals surface area contributed by atoms with Crippen LogP contribution in [0.4, 0.5) is 18.9 Å². The summed E-state index contributed by atoms with van der Waals surface area (Å²) in [4.78, 5) is 31.6. The zero-order chi connectivity index (χ0) is 23.3. The lowest BCUT2D eigenvalue weighted by atomic mass is 10.1. The number of hydrogen-bond donors (Lipinski definition) is 1. The molecule has 1 aliphatic heterocycles. The summed E-state index contributed by atoms with van der Waals surface area (Å²) in [6.07, 6.45) is -2.20. The highest BCUT2D eigenvalue weighted by atomic mass is 19.4. The Hall–Kier alpha value is -3.14. The number of pyridine rings is 1. The minimum absolute atomic E-state index is 0.0174. The summed E-state index contributed by atoms with van der Waals surface area (Å²) < 4.78 is 46.0. The SMILES string of the molecule is CCC(=O)N(c1cnccc1C(F)(F)F)C1CCN(C(=O)COc2ccc(CO)cc2)C1. The van der Waals surface area contributed by atoms with Gasteiger partial charge >= 0.3 is 6.18 Å². The van der Waals surface area contributed by atoms with Crippen LogP contribution in [-0.4, -0.2) is 52.5 Å². The molecule has 1 aromatic heterocycles. The monoisotopic (exact) mass is 451 g/mol. The number of ether oxygens (including phenoxy) is 1. The van der Waals surface area contributed by atoms with Gasteiger partial charge in [-0.05, 0) is 30.2 Å². The fourth-order valence-electron chi connectivity index (χ4n) is 3.63. The Morgan fingerprint density at radius 1 is 1.25 bits per heavy atom. The molecule has 0 aliphatic carbocycles. The highest BCUT2D eigenvalue weighted by molar-refractivity contribution is 5.94. The van der Waals surface area contributed by atoms with E-state index >= 15 is 0 Å². The van der Waals surface area contributed by atoms with Crippen LogP contribution in [0.25, 0.3) is 0 Å². The van der Waals surface area contributed by atoms with Crippen molar-refractivity contribution in [2.24, 2.45) is 0 Å². The minimum atomic E-state index is -4.64. The van der Waals surface area contributed by atoms with E-state index in [1.807, 2.05) is 0 Å². The standard InChI is InChI=1S/C22H24F3N3O4/c1-2-20(30)28(19-11-26-9-7-18(19)22(23,24)25)16-8-10-27(12-16)21(31)14-32-17-5-3-15(13-29)4-6-17/h3-7,9,11,16,29H,2,8,10,12-14H2,1H3. The fraction of sp³-hybridized carbons (Fsp3) is 0.409. The third kappa shape index (κ3) is 5.37. The summed E-state index contributed by atoms with van der Waals surface area (Å²) in [7, 11) is 0. The van der Waals surface area contributed by atoms with E-state index in [4.69, 9.17) is 9.84 Å². The van der Waals surface area contributed by atoms with Crippen LogP contribution in [0.3, 0.4) is 0 Å². The van der Waals surface area contributed by atoms with Crippen molar-refractivity contribution in [3.63, 3.8) is 0 Å². The van der Waals surface area contributed by atoms with E-state index < -0.39 is 23.7 Å². The van der Waals surface area contributed by atoms with Crippen molar-refractivity contribution < 1.29 is 32.6 Å². The van der Waals surface area contributed by atoms with Gasteiger partial charge in [-0.15, -0.1) is 0 Å². The van der Waals surface area contributed by atoms with Gasteiger partial charge in [0.25, 0.3) is 5.91 Å². The van der Waals surface area contributed by atoms with E-state index in [-0.39, 0.29) is 37.8 Å². The number of benzene rings is 1. The molecule has 3 rings (SSSR count). The van der Waals surface area contributed by atoms with Gasteiger partial charge in [-0.1, -0.05) is 19.1 Å². The summed E-state index contributed by atoms with van der Waals surface area (Å²) in [5.74, 6) is -0.341. The summed E-state index contributed by atoms with van der Waals surface area (Å²) >= 11 is 0. The minimum Gasteiger partial charge on any atom is -0.484 e. The van der Waals surface area contributed by atoms with Crippen molar-refractivity contribution in [3.8, 4) is 5.75 Å². The molecule has 1 aliphatic rings. The molecule has 172 valence electrons. The third-order valence-electron chi connectivity index (χ3n) is 5.29. The maximum atomic E-state index is 13.5. The number of aliphatic hydroxyl groups is 1. The van der Waals surface area contributed by atoms with E-state index in [1.165, 1.54) is 4.90 Å². The third-order valence-corrected chi connectivity index (χ3v) is 5.29. The molecule has 7 nitrogen and oxygen atoms in total. The average molecular weight is 451 g/mol. The number of aliphatic hydroxyl groups excluding tert-OH is 1. The molecular weight excluding hydrogens is 427 g/mol. The Labute approximate surface area is 183 Å². The predicted octanol–water partition coefficient (Wildman–Crippen LogP) is 3.02. The van der Waals surface area contributed by atoms with Gasteiger partial charge < -0.3 is 19.6 Å². The van der Waals surface area contributed by atoms with E-state index in [0.29, 0.717) is 24.3 Å². The summed E-state index contributed by atoms with van der Waals surface area (Å²) in [5.41, 5.74) is -0.527. The second-order valence-electron chi connectivity index (χ2n) is 7.38. The molecule has 10 heteroatoms. The van der Waals surface area contributed by atoms with Gasteiger partial charge in [-0.25, -0.2) is 0 Å². The number of hydrogen-bond acceptors (Lipinski definition) is 5. The van der Waals surface area contributed by atoms with Crippen LogP contribution in [0, 0.1) is 0 Å². The molecule has 1 aromatic carbocycles. The predicted molar refractivity (Wildman–Crippen MR) is 110 cm³/mol. The van der Waals surface area contributed by atoms with Crippen molar-refractivity contribution in [2.45, 2.75) is 38.6 Å². The lowest BCUT2D eigenvalue weighted by Gasteiger charge is -2.30. The maximum absolute atomic E-state index is 13.5. The highest BCUT2D eigenvalue weighted by Crippen LogP contribution is 2.37. The molecule has 2 amide bonds. The van der Waals surface area contributed by atoms with Gasteiger partial charge in [0.15, 0.2) is 6.61 Å². The Bertz CT molecular complexity index is 950. The molecule has 32 heavy (non-hydrogen) atoms. The number of amides is 2. The quantitative estimate of drug-likeness (QED) is 0.700. The number of nitrogens with zero attached hydrogens (tertiary/aromatic N) is 3. The Kier molecular flexibility index (Phi) is 7.34. The molecule has 1 atom stereocenters. The zero-order valence-corrected chi connectivity index (χ0v) is 17.5. The summed E-state index contributed by atoms with van der Waals surface area (Å²) in [5, 5.41) is 9.06. The maximum Gasteiger partial charge on any atom is 0.418 e. The van der Waals surface area contributed by atoms with Crippen LogP contribution >= 0.6 is 0 Å². The number of carbonyl (C=O) groups excluding carboxylic acids is 2. The zero-order valence-electron chi connectivity index (χ0n) is 17.5. The van der Waals surface area contributed by atoms with Crippen LogP contribution in [-0.2, 0) is 22.4 Å². The van der Waals surface area contributed by atoms with E-state index in [2.05, 4.69) is 4.98 Å². The number of carbonyl (C=O) groups is 2. The number of halogens is 3. The van der Waals surface area contributed by atoms with Crippen molar-refractivity contribution in [1.29, 1.82) is 0 Å². The van der Waals surface area contributed by atoms with Crippen molar-refractivity contribution in [1.82, 2.24) is 9.88 Å². The van der Waals surface area contributed by atoms with Crippen molar-refractivity contribution >= 4 is 17.5 Å². The fourth-order valence-corrected chi connectivity index (χ4v) is 3.63. The molecular formula is C22H24F3N3O4. The Morgan fingerprint density at radius 3 is 2.59 bits per heavy atom. The van der Waals surface area contributed by atoms with E-state index in [9.17, 15) is 22.8 Å². The molecule has 1 fully saturated rings. The number of alkyl halides is 3. The Morgan fingerprint density at radius 2 is 1.97 bits per heavy atom. The van der Waals surface area contributed by atoms with Crippen LogP contribution < -0.4 is 9.64 Å². The first-order valence-corrected chi connectivity index (χ1v) is 10.2. The Balaban J connectivity index is 1.71. The van der Waals surface area contributed by atoms with Crippen LogP contribution in [0.1, 0.15) is 30.9 Å². The topological polar surface area (TPSA) is 83.0 Å². The van der Waals surface area contributed by atoms with Crippen molar-refractivity contribution in [2.75, 3.05) is 24.6 Å². The van der Waals surface area contributed by atoms with E-state index in [1.54, 1.807) is 31.2 Å². The lowest BCUT2D eigenvalue weighted by Crippen LogP contribution is -2.44. The number of anilines is 1. The van der Waals surface area contributed by atoms with Crippen LogP contribution in [0.5, 0.6) is 5.75 Å². The normalized spacial score (nSPS) is 16.2. The number of aromatic nitrogens is 1. The van der Waals surface area contributed by atoms with Gasteiger partial charge in [-0.2, -0.15) is 13.2 Å². The molecule has 0 spiro atoms. The molecule has 2 aromatic rings. The lowest BCUT2D eigenvalue weighted by molar-refractivity contribution is -0.137. The van der Waals surface area contributed by atoms with Crippen molar-refractivity contribution in [3.05, 3.63) is 53.9 Å². The first kappa shape index (κ1) is 23.5. The molecule has 1 N–H and O–H groups in total. The molecule has 1 saturated heterocycles. The molecule has 2 heterocycles. The molecule has 0 radical (unpaired) electrons. The molecule has 1 unspecified atom stereocenters. The molecule has 0 bridgehead atoms. The van der Waals surface area contributed by atoms with Gasteiger partial charge in [0, 0.05) is 25.7 Å². The highest BCUT2D eigenvalue weighted by Gasteiger charge is 2.40. The van der Waals surface area contributed by atoms with Gasteiger partial charge in [-0.3, -0.25) is 14.6 Å². The van der Waals surface area contributed by atoms with E-state index in [0.717, 1.165) is 23.4 Å². The second kappa shape index (κ2) is 9.99. The number of rotatable bonds is 7. The number of likely N-dealkylation sites (tertiary alicyclic amines) is 1. The molecule has 0 saturated carbocycles. The van der Waals surface area contributed by atoms with Crippen LogP contribution in [0.15, 0.2) is 42.7 Å².